The van der Waals surface area contributed by atoms with Crippen LogP contribution in [0.5, 0.6) is 0 Å². The molecule has 1 aromatic heterocycles. The molecule has 3 heterocycles. The van der Waals surface area contributed by atoms with Crippen LogP contribution in [0.2, 0.25) is 0 Å². The summed E-state index contributed by atoms with van der Waals surface area (Å²) < 4.78 is 45.3. The number of fused-ring (bicyclic) bond motifs is 2. The summed E-state index contributed by atoms with van der Waals surface area (Å²) >= 11 is 0. The van der Waals surface area contributed by atoms with Gasteiger partial charge in [-0.1, -0.05) is 18.2 Å². The second kappa shape index (κ2) is 5.46. The highest BCUT2D eigenvalue weighted by atomic mass is 19.4. The molecule has 1 atom stereocenters. The van der Waals surface area contributed by atoms with Gasteiger partial charge in [-0.2, -0.15) is 13.2 Å². The Kier molecular flexibility index (Phi) is 3.56. The molecule has 0 aliphatic carbocycles. The van der Waals surface area contributed by atoms with Crippen molar-refractivity contribution in [3.63, 3.8) is 0 Å². The van der Waals surface area contributed by atoms with E-state index in [1.807, 2.05) is 0 Å². The quantitative estimate of drug-likeness (QED) is 0.562. The maximum atomic E-state index is 14.6. The monoisotopic (exact) mass is 396 g/mol. The number of nitrogens with zero attached hydrogens (tertiary/aromatic N) is 4. The minimum Gasteiger partial charge on any atom is -0.326 e. The van der Waals surface area contributed by atoms with Gasteiger partial charge < -0.3 is 4.90 Å². The summed E-state index contributed by atoms with van der Waals surface area (Å²) in [5.41, 5.74) is -5.46. The average Bonchev–Trinajstić information content (AvgIpc) is 3.03. The molecule has 28 heavy (non-hydrogen) atoms. The number of rotatable bonds is 2. The van der Waals surface area contributed by atoms with Gasteiger partial charge >= 0.3 is 11.9 Å². The van der Waals surface area contributed by atoms with Gasteiger partial charge in [-0.3, -0.25) is 24.0 Å². The van der Waals surface area contributed by atoms with Crippen LogP contribution in [-0.2, 0) is 25.9 Å². The van der Waals surface area contributed by atoms with Crippen molar-refractivity contribution in [2.24, 2.45) is 14.1 Å². The number of anilines is 2. The number of para-hydroxylation sites is 1. The van der Waals surface area contributed by atoms with Gasteiger partial charge in [0, 0.05) is 31.1 Å². The molecule has 0 radical (unpaired) electrons. The third-order valence-electron chi connectivity index (χ3n) is 5.62. The maximum absolute atomic E-state index is 14.6. The number of hydrogen-bond acceptors (Lipinski definition) is 5. The average molecular weight is 396 g/mol. The molecule has 2 aliphatic heterocycles. The second-order valence-corrected chi connectivity index (χ2v) is 7.01. The topological polar surface area (TPSA) is 90.4 Å². The zero-order valence-electron chi connectivity index (χ0n) is 14.9. The number of aromatic nitrogens is 2. The van der Waals surface area contributed by atoms with Crippen LogP contribution in [0, 0.1) is 10.1 Å². The number of nitro groups is 1. The van der Waals surface area contributed by atoms with E-state index in [0.717, 1.165) is 11.6 Å². The minimum atomic E-state index is -5.14. The fourth-order valence-electron chi connectivity index (χ4n) is 4.41. The Labute approximate surface area is 155 Å². The zero-order chi connectivity index (χ0) is 20.6. The first-order valence-corrected chi connectivity index (χ1v) is 8.41. The molecule has 4 rings (SSSR count). The van der Waals surface area contributed by atoms with Crippen LogP contribution in [0.3, 0.4) is 0 Å². The van der Waals surface area contributed by atoms with Crippen LogP contribution in [0.4, 0.5) is 24.7 Å². The van der Waals surface area contributed by atoms with E-state index in [1.54, 1.807) is 6.07 Å². The molecule has 2 aliphatic rings. The molecule has 1 unspecified atom stereocenters. The molecule has 0 spiro atoms. The molecule has 11 heteroatoms. The van der Waals surface area contributed by atoms with Crippen LogP contribution in [0.15, 0.2) is 27.8 Å². The predicted octanol–water partition coefficient (Wildman–Crippen LogP) is 1.22. The smallest absolute Gasteiger partial charge is 0.326 e. The van der Waals surface area contributed by atoms with Gasteiger partial charge in [-0.15, -0.1) is 0 Å². The van der Waals surface area contributed by atoms with Crippen LogP contribution in [0.1, 0.15) is 16.7 Å². The van der Waals surface area contributed by atoms with E-state index in [9.17, 15) is 32.9 Å². The summed E-state index contributed by atoms with van der Waals surface area (Å²) in [4.78, 5) is 37.2. The van der Waals surface area contributed by atoms with Crippen LogP contribution >= 0.6 is 0 Å². The van der Waals surface area contributed by atoms with E-state index in [2.05, 4.69) is 0 Å². The summed E-state index contributed by atoms with van der Waals surface area (Å²) in [5, 5.41) is 11.4. The Morgan fingerprint density at radius 1 is 1.21 bits per heavy atom. The Hall–Kier alpha value is -3.11. The first-order valence-electron chi connectivity index (χ1n) is 8.41. The number of benzene rings is 1. The Morgan fingerprint density at radius 2 is 1.89 bits per heavy atom. The second-order valence-electron chi connectivity index (χ2n) is 7.01. The highest BCUT2D eigenvalue weighted by molar-refractivity contribution is 5.81. The highest BCUT2D eigenvalue weighted by Gasteiger charge is 2.67. The highest BCUT2D eigenvalue weighted by Crippen LogP contribution is 2.57. The van der Waals surface area contributed by atoms with Gasteiger partial charge in [0.2, 0.25) is 6.54 Å². The fourth-order valence-corrected chi connectivity index (χ4v) is 4.41. The van der Waals surface area contributed by atoms with Gasteiger partial charge in [-0.05, 0) is 12.0 Å². The van der Waals surface area contributed by atoms with Crippen molar-refractivity contribution in [1.29, 1.82) is 0 Å². The molecule has 8 nitrogen and oxygen atoms in total. The van der Waals surface area contributed by atoms with Crippen molar-refractivity contribution < 1.29 is 18.1 Å². The molecular formula is C17H15F3N4O4. The molecule has 0 saturated heterocycles. The Balaban J connectivity index is 2.29. The van der Waals surface area contributed by atoms with E-state index in [-0.39, 0.29) is 23.6 Å². The van der Waals surface area contributed by atoms with Gasteiger partial charge in [0.1, 0.15) is 5.82 Å². The van der Waals surface area contributed by atoms with Gasteiger partial charge in [-0.25, -0.2) is 4.79 Å². The largest absolute Gasteiger partial charge is 0.409 e. The van der Waals surface area contributed by atoms with E-state index in [4.69, 9.17) is 0 Å². The lowest BCUT2D eigenvalue weighted by atomic mass is 9.70. The summed E-state index contributed by atoms with van der Waals surface area (Å²) in [5.74, 6) is -0.232. The predicted molar refractivity (Wildman–Crippen MR) is 92.8 cm³/mol. The summed E-state index contributed by atoms with van der Waals surface area (Å²) in [6.45, 7) is -1.27. The molecule has 0 saturated carbocycles. The summed E-state index contributed by atoms with van der Waals surface area (Å²) in [7, 11) is 2.33. The van der Waals surface area contributed by atoms with Crippen LogP contribution < -0.4 is 16.1 Å². The Bertz CT molecular complexity index is 1150. The number of halogens is 3. The minimum absolute atomic E-state index is 0.192. The van der Waals surface area contributed by atoms with Crippen molar-refractivity contribution in [2.45, 2.75) is 18.0 Å². The summed E-state index contributed by atoms with van der Waals surface area (Å²) in [6.07, 6.45) is -4.74. The third kappa shape index (κ3) is 2.01. The molecule has 0 amide bonds. The Morgan fingerprint density at radius 3 is 2.50 bits per heavy atom. The van der Waals surface area contributed by atoms with Crippen molar-refractivity contribution >= 4 is 11.5 Å². The number of hydrogen-bond donors (Lipinski definition) is 0. The molecule has 148 valence electrons. The zero-order valence-corrected chi connectivity index (χ0v) is 14.9. The third-order valence-corrected chi connectivity index (χ3v) is 5.62. The SMILES string of the molecule is Cn1c2c(c(=O)n(C)c1=O)C(C[N+](=O)[O-])(C(F)(F)F)c1cccc3c1N2CC3. The lowest BCUT2D eigenvalue weighted by Gasteiger charge is -2.42. The molecule has 1 aromatic carbocycles. The van der Waals surface area contributed by atoms with Crippen molar-refractivity contribution in [1.82, 2.24) is 9.13 Å². The fraction of sp³-hybridized carbons (Fsp3) is 0.412. The van der Waals surface area contributed by atoms with Crippen molar-refractivity contribution in [3.8, 4) is 0 Å². The van der Waals surface area contributed by atoms with E-state index in [1.165, 1.54) is 24.1 Å². The summed E-state index contributed by atoms with van der Waals surface area (Å²) in [6, 6.07) is 4.24. The first kappa shape index (κ1) is 18.3. The van der Waals surface area contributed by atoms with Gasteiger partial charge in [0.15, 0.2) is 5.41 Å². The first-order chi connectivity index (χ1) is 13.0. The van der Waals surface area contributed by atoms with E-state index >= 15 is 0 Å². The van der Waals surface area contributed by atoms with Crippen molar-refractivity contribution in [2.75, 3.05) is 18.0 Å². The van der Waals surface area contributed by atoms with Crippen LogP contribution in [0.25, 0.3) is 0 Å². The number of alkyl halides is 3. The lowest BCUT2D eigenvalue weighted by Crippen LogP contribution is -2.57. The molecule has 0 bridgehead atoms. The normalized spacial score (nSPS) is 20.1. The standard InChI is InChI=1S/C17H15F3N4O4/c1-21-13-11(14(25)22(2)15(21)26)16(8-24(27)28,17(18,19)20)10-5-3-4-9-6-7-23(13)12(9)10/h3-5H,6-8H2,1-2H3. The maximum Gasteiger partial charge on any atom is 0.409 e. The molecular weight excluding hydrogens is 381 g/mol. The lowest BCUT2D eigenvalue weighted by molar-refractivity contribution is -0.498. The van der Waals surface area contributed by atoms with Gasteiger partial charge in [0.25, 0.3) is 5.56 Å². The van der Waals surface area contributed by atoms with Gasteiger partial charge in [0.05, 0.1) is 11.3 Å². The van der Waals surface area contributed by atoms with E-state index < -0.39 is 39.9 Å². The van der Waals surface area contributed by atoms with E-state index in [0.29, 0.717) is 16.6 Å². The van der Waals surface area contributed by atoms with Crippen molar-refractivity contribution in [3.05, 3.63) is 65.8 Å². The molecule has 2 aromatic rings. The molecule has 0 N–H and O–H groups in total. The van der Waals surface area contributed by atoms with Crippen LogP contribution in [-0.4, -0.2) is 33.3 Å². The molecule has 0 fully saturated rings.